The Morgan fingerprint density at radius 1 is 1.25 bits per heavy atom. The second-order valence-electron chi connectivity index (χ2n) is 8.52. The van der Waals surface area contributed by atoms with Gasteiger partial charge in [-0.3, -0.25) is 0 Å². The van der Waals surface area contributed by atoms with Crippen molar-refractivity contribution in [1.29, 1.82) is 0 Å². The van der Waals surface area contributed by atoms with Crippen molar-refractivity contribution in [3.05, 3.63) is 29.3 Å². The summed E-state index contributed by atoms with van der Waals surface area (Å²) in [5.41, 5.74) is 2.53. The number of nitrogens with zero attached hydrogens (tertiary/aromatic N) is 1. The molecule has 1 aromatic rings. The van der Waals surface area contributed by atoms with E-state index in [4.69, 9.17) is 14.5 Å². The average molecular weight is 503 g/mol. The van der Waals surface area contributed by atoms with Crippen molar-refractivity contribution in [2.75, 3.05) is 26.3 Å². The first-order valence-electron chi connectivity index (χ1n) is 10.2. The molecule has 1 saturated heterocycles. The van der Waals surface area contributed by atoms with Crippen molar-refractivity contribution in [2.24, 2.45) is 16.3 Å². The topological polar surface area (TPSA) is 54.9 Å². The molecule has 0 saturated carbocycles. The minimum atomic E-state index is 0. The zero-order chi connectivity index (χ0) is 19.9. The van der Waals surface area contributed by atoms with Gasteiger partial charge in [-0.15, -0.1) is 24.0 Å². The molecule has 0 spiro atoms. The Hall–Kier alpha value is -1.02. The van der Waals surface area contributed by atoms with Crippen LogP contribution in [0.4, 0.5) is 0 Å². The molecule has 0 radical (unpaired) electrons. The minimum absolute atomic E-state index is 0. The van der Waals surface area contributed by atoms with E-state index in [9.17, 15) is 0 Å². The van der Waals surface area contributed by atoms with E-state index in [2.05, 4.69) is 70.4 Å². The molecular formula is C22H38IN3O2. The van der Waals surface area contributed by atoms with Crippen LogP contribution in [0.1, 0.15) is 52.2 Å². The Morgan fingerprint density at radius 3 is 2.54 bits per heavy atom. The number of halogens is 1. The van der Waals surface area contributed by atoms with Crippen LogP contribution in [0.3, 0.4) is 0 Å². The van der Waals surface area contributed by atoms with E-state index in [0.717, 1.165) is 50.0 Å². The standard InChI is InChI=1S/C22H37N3O2.HI/c1-7-23-21(25-13-22(6)14-26-15-22)24-12-19-9-8-17(4)11-20(19)27-18(5)10-16(2)3;/h8-9,11,16,18H,7,10,12-15H2,1-6H3,(H2,23,24,25);1H. The molecule has 1 aliphatic rings. The van der Waals surface area contributed by atoms with E-state index in [1.54, 1.807) is 0 Å². The molecule has 1 fully saturated rings. The summed E-state index contributed by atoms with van der Waals surface area (Å²) in [6.45, 7) is 16.9. The first kappa shape index (κ1) is 25.0. The van der Waals surface area contributed by atoms with Crippen molar-refractivity contribution in [3.8, 4) is 5.75 Å². The predicted molar refractivity (Wildman–Crippen MR) is 128 cm³/mol. The van der Waals surface area contributed by atoms with Gasteiger partial charge in [0, 0.05) is 24.1 Å². The summed E-state index contributed by atoms with van der Waals surface area (Å²) >= 11 is 0. The summed E-state index contributed by atoms with van der Waals surface area (Å²) in [4.78, 5) is 4.78. The molecule has 160 valence electrons. The number of nitrogens with one attached hydrogen (secondary N) is 2. The first-order chi connectivity index (χ1) is 12.8. The Labute approximate surface area is 188 Å². The molecule has 0 amide bonds. The van der Waals surface area contributed by atoms with Crippen LogP contribution in [0.2, 0.25) is 0 Å². The van der Waals surface area contributed by atoms with Crippen LogP contribution in [0.25, 0.3) is 0 Å². The van der Waals surface area contributed by atoms with E-state index >= 15 is 0 Å². The monoisotopic (exact) mass is 503 g/mol. The van der Waals surface area contributed by atoms with Crippen molar-refractivity contribution in [2.45, 2.75) is 60.6 Å². The summed E-state index contributed by atoms with van der Waals surface area (Å²) in [5.74, 6) is 2.40. The molecule has 6 heteroatoms. The van der Waals surface area contributed by atoms with Crippen molar-refractivity contribution < 1.29 is 9.47 Å². The third-order valence-electron chi connectivity index (χ3n) is 4.69. The quantitative estimate of drug-likeness (QED) is 0.296. The van der Waals surface area contributed by atoms with Gasteiger partial charge < -0.3 is 20.1 Å². The van der Waals surface area contributed by atoms with Gasteiger partial charge in [0.2, 0.25) is 0 Å². The van der Waals surface area contributed by atoms with Crippen molar-refractivity contribution >= 4 is 29.9 Å². The van der Waals surface area contributed by atoms with Gasteiger partial charge in [-0.1, -0.05) is 32.9 Å². The maximum Gasteiger partial charge on any atom is 0.191 e. The molecule has 0 aromatic heterocycles. The molecular weight excluding hydrogens is 465 g/mol. The lowest BCUT2D eigenvalue weighted by Gasteiger charge is -2.38. The Kier molecular flexibility index (Phi) is 10.6. The zero-order valence-electron chi connectivity index (χ0n) is 18.3. The molecule has 0 aliphatic carbocycles. The maximum atomic E-state index is 6.24. The number of benzene rings is 1. The van der Waals surface area contributed by atoms with Gasteiger partial charge in [0.25, 0.3) is 0 Å². The predicted octanol–water partition coefficient (Wildman–Crippen LogP) is 4.52. The van der Waals surface area contributed by atoms with Crippen LogP contribution < -0.4 is 15.4 Å². The highest BCUT2D eigenvalue weighted by Gasteiger charge is 2.33. The van der Waals surface area contributed by atoms with Gasteiger partial charge in [-0.2, -0.15) is 0 Å². The van der Waals surface area contributed by atoms with E-state index in [1.165, 1.54) is 5.56 Å². The second kappa shape index (κ2) is 11.9. The van der Waals surface area contributed by atoms with E-state index in [1.807, 2.05) is 0 Å². The van der Waals surface area contributed by atoms with E-state index in [0.29, 0.717) is 12.5 Å². The highest BCUT2D eigenvalue weighted by Crippen LogP contribution is 2.25. The zero-order valence-corrected chi connectivity index (χ0v) is 20.6. The van der Waals surface area contributed by atoms with Gasteiger partial charge in [0.05, 0.1) is 25.9 Å². The molecule has 1 unspecified atom stereocenters. The number of hydrogen-bond acceptors (Lipinski definition) is 3. The number of aliphatic imine (C=N–C) groups is 1. The fourth-order valence-corrected chi connectivity index (χ4v) is 3.19. The number of aryl methyl sites for hydroxylation is 1. The summed E-state index contributed by atoms with van der Waals surface area (Å²) in [5, 5.41) is 6.78. The summed E-state index contributed by atoms with van der Waals surface area (Å²) in [6, 6.07) is 6.37. The normalized spacial score (nSPS) is 16.8. The Balaban J connectivity index is 0.00000392. The lowest BCUT2D eigenvalue weighted by atomic mass is 9.89. The molecule has 5 nitrogen and oxygen atoms in total. The van der Waals surface area contributed by atoms with Crippen LogP contribution in [0.5, 0.6) is 5.75 Å². The van der Waals surface area contributed by atoms with Gasteiger partial charge in [-0.05, 0) is 44.7 Å². The Morgan fingerprint density at radius 2 is 1.96 bits per heavy atom. The maximum absolute atomic E-state index is 6.24. The minimum Gasteiger partial charge on any atom is -0.490 e. The third-order valence-corrected chi connectivity index (χ3v) is 4.69. The number of guanidine groups is 1. The number of hydrogen-bond donors (Lipinski definition) is 2. The SMILES string of the molecule is CCNC(=NCc1ccc(C)cc1OC(C)CC(C)C)NCC1(C)COC1.I. The van der Waals surface area contributed by atoms with Gasteiger partial charge in [0.15, 0.2) is 5.96 Å². The number of ether oxygens (including phenoxy) is 2. The molecule has 28 heavy (non-hydrogen) atoms. The van der Waals surface area contributed by atoms with Gasteiger partial charge >= 0.3 is 0 Å². The van der Waals surface area contributed by atoms with E-state index < -0.39 is 0 Å². The first-order valence-corrected chi connectivity index (χ1v) is 10.2. The lowest BCUT2D eigenvalue weighted by Crippen LogP contribution is -2.51. The van der Waals surface area contributed by atoms with Gasteiger partial charge in [0.1, 0.15) is 5.75 Å². The van der Waals surface area contributed by atoms with Gasteiger partial charge in [-0.25, -0.2) is 4.99 Å². The molecule has 2 N–H and O–H groups in total. The molecule has 1 aromatic carbocycles. The Bertz CT molecular complexity index is 630. The lowest BCUT2D eigenvalue weighted by molar-refractivity contribution is -0.0971. The highest BCUT2D eigenvalue weighted by molar-refractivity contribution is 14.0. The van der Waals surface area contributed by atoms with Crippen LogP contribution in [0.15, 0.2) is 23.2 Å². The van der Waals surface area contributed by atoms with Crippen LogP contribution in [0, 0.1) is 18.3 Å². The molecule has 2 rings (SSSR count). The second-order valence-corrected chi connectivity index (χ2v) is 8.52. The summed E-state index contributed by atoms with van der Waals surface area (Å²) in [7, 11) is 0. The van der Waals surface area contributed by atoms with Crippen LogP contribution >= 0.6 is 24.0 Å². The molecule has 1 heterocycles. The fraction of sp³-hybridized carbons (Fsp3) is 0.682. The fourth-order valence-electron chi connectivity index (χ4n) is 3.19. The van der Waals surface area contributed by atoms with Crippen LogP contribution in [-0.2, 0) is 11.3 Å². The summed E-state index contributed by atoms with van der Waals surface area (Å²) < 4.78 is 11.6. The van der Waals surface area contributed by atoms with Crippen molar-refractivity contribution in [1.82, 2.24) is 10.6 Å². The summed E-state index contributed by atoms with van der Waals surface area (Å²) in [6.07, 6.45) is 1.24. The molecule has 1 atom stereocenters. The smallest absolute Gasteiger partial charge is 0.191 e. The highest BCUT2D eigenvalue weighted by atomic mass is 127. The molecule has 1 aliphatic heterocycles. The largest absolute Gasteiger partial charge is 0.490 e. The van der Waals surface area contributed by atoms with E-state index in [-0.39, 0.29) is 35.5 Å². The third kappa shape index (κ3) is 8.15. The molecule has 0 bridgehead atoms. The number of rotatable bonds is 9. The van der Waals surface area contributed by atoms with Crippen LogP contribution in [-0.4, -0.2) is 38.4 Å². The average Bonchev–Trinajstić information content (AvgIpc) is 2.56. The van der Waals surface area contributed by atoms with Crippen molar-refractivity contribution in [3.63, 3.8) is 0 Å².